The van der Waals surface area contributed by atoms with E-state index in [-0.39, 0.29) is 5.76 Å². The van der Waals surface area contributed by atoms with Gasteiger partial charge in [-0.25, -0.2) is 0 Å². The number of hydrogen-bond acceptors (Lipinski definition) is 3. The van der Waals surface area contributed by atoms with Crippen molar-refractivity contribution in [2.75, 3.05) is 0 Å². The van der Waals surface area contributed by atoms with E-state index in [9.17, 15) is 4.79 Å². The lowest BCUT2D eigenvalue weighted by atomic mass is 10.2. The molecule has 0 spiro atoms. The van der Waals surface area contributed by atoms with E-state index in [4.69, 9.17) is 4.42 Å². The summed E-state index contributed by atoms with van der Waals surface area (Å²) in [6, 6.07) is 8.93. The molecule has 18 heavy (non-hydrogen) atoms. The number of nitrogens with zero attached hydrogens (tertiary/aromatic N) is 1. The lowest BCUT2D eigenvalue weighted by Crippen LogP contribution is -1.89. The van der Waals surface area contributed by atoms with Crippen molar-refractivity contribution < 1.29 is 9.21 Å². The van der Waals surface area contributed by atoms with Crippen molar-refractivity contribution in [1.29, 1.82) is 0 Å². The minimum atomic E-state index is -0.538. The van der Waals surface area contributed by atoms with Crippen molar-refractivity contribution in [3.63, 3.8) is 0 Å². The lowest BCUT2D eigenvalue weighted by Gasteiger charge is -2.01. The van der Waals surface area contributed by atoms with Crippen molar-refractivity contribution in [3.05, 3.63) is 45.0 Å². The first kappa shape index (κ1) is 13.4. The molecule has 0 bridgehead atoms. The van der Waals surface area contributed by atoms with Gasteiger partial charge in [-0.05, 0) is 58.5 Å². The number of carbonyl (C=O) groups is 1. The van der Waals surface area contributed by atoms with Crippen molar-refractivity contribution in [2.45, 2.75) is 0 Å². The van der Waals surface area contributed by atoms with Crippen molar-refractivity contribution >= 4 is 55.1 Å². The Hall–Kier alpha value is -1.07. The van der Waals surface area contributed by atoms with Crippen LogP contribution in [-0.2, 0) is 0 Å². The third-order valence-corrected chi connectivity index (χ3v) is 3.40. The molecule has 1 aromatic carbocycles. The van der Waals surface area contributed by atoms with E-state index < -0.39 is 5.91 Å². The minimum absolute atomic E-state index is 0.136. The maximum atomic E-state index is 11.4. The second-order valence-electron chi connectivity index (χ2n) is 3.30. The molecule has 2 rings (SSSR count). The summed E-state index contributed by atoms with van der Waals surface area (Å²) in [7, 11) is 0. The highest BCUT2D eigenvalue weighted by molar-refractivity contribution is 9.11. The zero-order chi connectivity index (χ0) is 13.1. The molecule has 1 aromatic heterocycles. The zero-order valence-corrected chi connectivity index (χ0v) is 12.8. The average molecular weight is 387 g/mol. The Morgan fingerprint density at radius 2 is 2.06 bits per heavy atom. The molecular weight excluding hydrogens is 382 g/mol. The predicted molar refractivity (Wildman–Crippen MR) is 78.9 cm³/mol. The van der Waals surface area contributed by atoms with Gasteiger partial charge in [0.05, 0.1) is 5.16 Å². The van der Waals surface area contributed by atoms with Gasteiger partial charge < -0.3 is 4.42 Å². The van der Waals surface area contributed by atoms with Crippen molar-refractivity contribution in [1.82, 2.24) is 0 Å². The van der Waals surface area contributed by atoms with Crippen LogP contribution >= 0.6 is 44.1 Å². The highest BCUT2D eigenvalue weighted by Crippen LogP contribution is 2.32. The van der Waals surface area contributed by atoms with Crippen LogP contribution in [0.3, 0.4) is 0 Å². The topological polar surface area (TPSA) is 42.6 Å². The number of thiocarbonyl (C=S) groups is 1. The predicted octanol–water partition coefficient (Wildman–Crippen LogP) is 4.71. The maximum absolute atomic E-state index is 11.4. The van der Waals surface area contributed by atoms with Gasteiger partial charge in [-0.1, -0.05) is 15.9 Å². The van der Waals surface area contributed by atoms with E-state index in [2.05, 4.69) is 49.1 Å². The molecule has 2 aromatic rings. The van der Waals surface area contributed by atoms with Crippen LogP contribution in [0.2, 0.25) is 0 Å². The number of carbonyl (C=O) groups excluding carboxylic acids is 1. The number of isothiocyanates is 1. The van der Waals surface area contributed by atoms with Gasteiger partial charge in [-0.3, -0.25) is 4.79 Å². The summed E-state index contributed by atoms with van der Waals surface area (Å²) in [5, 5.41) is 2.02. The Kier molecular flexibility index (Phi) is 4.24. The van der Waals surface area contributed by atoms with Gasteiger partial charge in [0, 0.05) is 14.5 Å². The molecule has 90 valence electrons. The SMILES string of the molecule is O=C(N=C=S)c1ccc(-c2ccc(Br)cc2Br)o1. The fourth-order valence-electron chi connectivity index (χ4n) is 1.38. The molecule has 0 fully saturated rings. The van der Waals surface area contributed by atoms with Gasteiger partial charge in [-0.2, -0.15) is 0 Å². The smallest absolute Gasteiger partial charge is 0.321 e. The Morgan fingerprint density at radius 1 is 1.28 bits per heavy atom. The molecular formula is C12H5Br2NO2S. The minimum Gasteiger partial charge on any atom is -0.451 e. The quantitative estimate of drug-likeness (QED) is 0.554. The molecule has 6 heteroatoms. The number of rotatable bonds is 2. The second kappa shape index (κ2) is 5.71. The average Bonchev–Trinajstić information content (AvgIpc) is 2.78. The second-order valence-corrected chi connectivity index (χ2v) is 5.25. The number of benzene rings is 1. The summed E-state index contributed by atoms with van der Waals surface area (Å²) in [5.74, 6) is 0.180. The fraction of sp³-hybridized carbons (Fsp3) is 0. The summed E-state index contributed by atoms with van der Waals surface area (Å²) in [6.45, 7) is 0. The molecule has 0 radical (unpaired) electrons. The number of furan rings is 1. The summed E-state index contributed by atoms with van der Waals surface area (Å²) in [6.07, 6.45) is 0. The first-order chi connectivity index (χ1) is 8.61. The van der Waals surface area contributed by atoms with Crippen LogP contribution < -0.4 is 0 Å². The standard InChI is InChI=1S/C12H5Br2NO2S/c13-7-1-2-8(9(14)5-7)10-3-4-11(17-10)12(16)15-6-18/h1-5H. The molecule has 0 atom stereocenters. The lowest BCUT2D eigenvalue weighted by molar-refractivity contribution is 0.0978. The van der Waals surface area contributed by atoms with E-state index >= 15 is 0 Å². The van der Waals surface area contributed by atoms with E-state index in [1.165, 1.54) is 0 Å². The Morgan fingerprint density at radius 3 is 2.72 bits per heavy atom. The molecule has 0 saturated carbocycles. The largest absolute Gasteiger partial charge is 0.451 e. The van der Waals surface area contributed by atoms with Crippen LogP contribution in [0.4, 0.5) is 0 Å². The Bertz CT molecular complexity index is 660. The summed E-state index contributed by atoms with van der Waals surface area (Å²) in [4.78, 5) is 14.8. The van der Waals surface area contributed by atoms with Gasteiger partial charge in [0.1, 0.15) is 5.76 Å². The van der Waals surface area contributed by atoms with Crippen molar-refractivity contribution in [2.24, 2.45) is 4.99 Å². The highest BCUT2D eigenvalue weighted by Gasteiger charge is 2.13. The first-order valence-corrected chi connectivity index (χ1v) is 6.78. The van der Waals surface area contributed by atoms with Gasteiger partial charge >= 0.3 is 5.91 Å². The van der Waals surface area contributed by atoms with Crippen LogP contribution in [0.1, 0.15) is 10.6 Å². The highest BCUT2D eigenvalue weighted by atomic mass is 79.9. The molecule has 0 aliphatic rings. The third kappa shape index (κ3) is 2.84. The molecule has 0 N–H and O–H groups in total. The molecule has 1 amide bonds. The molecule has 3 nitrogen and oxygen atoms in total. The zero-order valence-electron chi connectivity index (χ0n) is 8.81. The van der Waals surface area contributed by atoms with Crippen LogP contribution in [-0.4, -0.2) is 11.1 Å². The monoisotopic (exact) mass is 385 g/mol. The van der Waals surface area contributed by atoms with Crippen LogP contribution in [0.25, 0.3) is 11.3 Å². The molecule has 1 heterocycles. The first-order valence-electron chi connectivity index (χ1n) is 4.79. The van der Waals surface area contributed by atoms with E-state index in [0.29, 0.717) is 5.76 Å². The Balaban J connectivity index is 2.41. The third-order valence-electron chi connectivity index (χ3n) is 2.16. The summed E-state index contributed by atoms with van der Waals surface area (Å²) < 4.78 is 7.24. The molecule has 0 unspecified atom stereocenters. The fourth-order valence-corrected chi connectivity index (χ4v) is 2.71. The van der Waals surface area contributed by atoms with E-state index in [1.807, 2.05) is 23.4 Å². The number of aliphatic imine (C=N–C) groups is 1. The molecule has 0 aliphatic heterocycles. The van der Waals surface area contributed by atoms with Crippen LogP contribution in [0, 0.1) is 0 Å². The number of hydrogen-bond donors (Lipinski definition) is 0. The Labute approximate surface area is 125 Å². The summed E-state index contributed by atoms with van der Waals surface area (Å²) in [5.41, 5.74) is 0.851. The normalized spacial score (nSPS) is 9.89. The van der Waals surface area contributed by atoms with Crippen LogP contribution in [0.15, 0.2) is 48.7 Å². The van der Waals surface area contributed by atoms with Gasteiger partial charge in [-0.15, -0.1) is 4.99 Å². The van der Waals surface area contributed by atoms with Gasteiger partial charge in [0.15, 0.2) is 5.76 Å². The van der Waals surface area contributed by atoms with Gasteiger partial charge in [0.2, 0.25) is 0 Å². The van der Waals surface area contributed by atoms with Crippen molar-refractivity contribution in [3.8, 4) is 11.3 Å². The van der Waals surface area contributed by atoms with E-state index in [0.717, 1.165) is 14.5 Å². The number of halogens is 2. The van der Waals surface area contributed by atoms with Gasteiger partial charge in [0.25, 0.3) is 0 Å². The maximum Gasteiger partial charge on any atom is 0.321 e. The molecule has 0 saturated heterocycles. The van der Waals surface area contributed by atoms with Crippen LogP contribution in [0.5, 0.6) is 0 Å². The van der Waals surface area contributed by atoms with E-state index in [1.54, 1.807) is 12.1 Å². The summed E-state index contributed by atoms with van der Waals surface area (Å²) >= 11 is 11.2. The number of amides is 1. The molecule has 0 aliphatic carbocycles.